The minimum absolute atomic E-state index is 0.507. The summed E-state index contributed by atoms with van der Waals surface area (Å²) in [4.78, 5) is 4.34. The Labute approximate surface area is 110 Å². The predicted octanol–water partition coefficient (Wildman–Crippen LogP) is 3.69. The van der Waals surface area contributed by atoms with Crippen molar-refractivity contribution in [3.8, 4) is 0 Å². The third-order valence-electron chi connectivity index (χ3n) is 2.58. The monoisotopic (exact) mass is 267 g/mol. The Balaban J connectivity index is 2.17. The highest BCUT2D eigenvalue weighted by atomic mass is 35.5. The molecule has 0 aliphatic rings. The van der Waals surface area contributed by atoms with E-state index in [0.29, 0.717) is 11.4 Å². The SMILES string of the molecule is Cc1ccc(C(O)Cc2csc(C)n2)c(Cl)c1. The summed E-state index contributed by atoms with van der Waals surface area (Å²) in [6, 6.07) is 5.70. The average molecular weight is 268 g/mol. The zero-order chi connectivity index (χ0) is 12.4. The van der Waals surface area contributed by atoms with Gasteiger partial charge in [-0.1, -0.05) is 23.7 Å². The number of rotatable bonds is 3. The Morgan fingerprint density at radius 3 is 2.76 bits per heavy atom. The molecule has 0 aliphatic heterocycles. The van der Waals surface area contributed by atoms with Gasteiger partial charge in [-0.15, -0.1) is 11.3 Å². The lowest BCUT2D eigenvalue weighted by molar-refractivity contribution is 0.177. The van der Waals surface area contributed by atoms with Gasteiger partial charge in [-0.3, -0.25) is 0 Å². The van der Waals surface area contributed by atoms with E-state index in [4.69, 9.17) is 11.6 Å². The fourth-order valence-corrected chi connectivity index (χ4v) is 2.70. The molecule has 1 heterocycles. The first kappa shape index (κ1) is 12.6. The molecule has 1 unspecified atom stereocenters. The second-order valence-electron chi connectivity index (χ2n) is 4.10. The van der Waals surface area contributed by atoms with E-state index < -0.39 is 6.10 Å². The molecule has 2 rings (SSSR count). The molecule has 17 heavy (non-hydrogen) atoms. The summed E-state index contributed by atoms with van der Waals surface area (Å²) in [5.41, 5.74) is 2.77. The maximum atomic E-state index is 10.1. The molecule has 4 heteroatoms. The highest BCUT2D eigenvalue weighted by Gasteiger charge is 2.13. The lowest BCUT2D eigenvalue weighted by Gasteiger charge is -2.11. The van der Waals surface area contributed by atoms with E-state index in [2.05, 4.69) is 4.98 Å². The summed E-state index contributed by atoms with van der Waals surface area (Å²) in [6.45, 7) is 3.94. The van der Waals surface area contributed by atoms with Crippen LogP contribution >= 0.6 is 22.9 Å². The molecule has 1 N–H and O–H groups in total. The molecule has 1 aromatic heterocycles. The van der Waals surface area contributed by atoms with Crippen molar-refractivity contribution < 1.29 is 5.11 Å². The Kier molecular flexibility index (Phi) is 3.82. The topological polar surface area (TPSA) is 33.1 Å². The molecule has 0 aliphatic carbocycles. The van der Waals surface area contributed by atoms with Crippen LogP contribution in [0.2, 0.25) is 5.02 Å². The first-order valence-corrected chi connectivity index (χ1v) is 6.67. The minimum Gasteiger partial charge on any atom is -0.388 e. The Bertz CT molecular complexity index is 524. The van der Waals surface area contributed by atoms with E-state index in [1.807, 2.05) is 37.4 Å². The third kappa shape index (κ3) is 3.06. The van der Waals surface area contributed by atoms with Crippen molar-refractivity contribution in [1.29, 1.82) is 0 Å². The van der Waals surface area contributed by atoms with Crippen LogP contribution in [0, 0.1) is 13.8 Å². The number of halogens is 1. The van der Waals surface area contributed by atoms with Crippen LogP contribution in [-0.2, 0) is 6.42 Å². The second kappa shape index (κ2) is 5.17. The number of thiazole rings is 1. The van der Waals surface area contributed by atoms with Crippen LogP contribution < -0.4 is 0 Å². The van der Waals surface area contributed by atoms with Crippen molar-refractivity contribution >= 4 is 22.9 Å². The zero-order valence-corrected chi connectivity index (χ0v) is 11.3. The number of aryl methyl sites for hydroxylation is 2. The molecule has 0 radical (unpaired) electrons. The largest absolute Gasteiger partial charge is 0.388 e. The van der Waals surface area contributed by atoms with Gasteiger partial charge >= 0.3 is 0 Å². The standard InChI is InChI=1S/C13H14ClNOS/c1-8-3-4-11(12(14)5-8)13(16)6-10-7-17-9(2)15-10/h3-5,7,13,16H,6H2,1-2H3. The summed E-state index contributed by atoms with van der Waals surface area (Å²) in [7, 11) is 0. The van der Waals surface area contributed by atoms with Crippen LogP contribution in [0.15, 0.2) is 23.6 Å². The molecule has 2 nitrogen and oxygen atoms in total. The van der Waals surface area contributed by atoms with Crippen LogP contribution in [-0.4, -0.2) is 10.1 Å². The number of hydrogen-bond donors (Lipinski definition) is 1. The lowest BCUT2D eigenvalue weighted by atomic mass is 10.0. The van der Waals surface area contributed by atoms with Gasteiger partial charge in [-0.05, 0) is 31.0 Å². The van der Waals surface area contributed by atoms with Gasteiger partial charge in [0, 0.05) is 16.8 Å². The number of nitrogens with zero attached hydrogens (tertiary/aromatic N) is 1. The Morgan fingerprint density at radius 1 is 1.41 bits per heavy atom. The molecule has 0 fully saturated rings. The first-order chi connectivity index (χ1) is 8.06. The van der Waals surface area contributed by atoms with Crippen LogP contribution in [0.5, 0.6) is 0 Å². The number of aromatic nitrogens is 1. The van der Waals surface area contributed by atoms with E-state index in [0.717, 1.165) is 21.8 Å². The molecular formula is C13H14ClNOS. The summed E-state index contributed by atoms with van der Waals surface area (Å²) in [6.07, 6.45) is -0.0859. The number of benzene rings is 1. The molecule has 90 valence electrons. The van der Waals surface area contributed by atoms with Gasteiger partial charge in [0.1, 0.15) is 0 Å². The minimum atomic E-state index is -0.593. The summed E-state index contributed by atoms with van der Waals surface area (Å²) >= 11 is 7.71. The van der Waals surface area contributed by atoms with E-state index in [1.165, 1.54) is 0 Å². The van der Waals surface area contributed by atoms with E-state index in [9.17, 15) is 5.11 Å². The maximum absolute atomic E-state index is 10.1. The Hall–Kier alpha value is -0.900. The van der Waals surface area contributed by atoms with Crippen LogP contribution in [0.1, 0.15) is 27.9 Å². The smallest absolute Gasteiger partial charge is 0.0897 e. The van der Waals surface area contributed by atoms with Crippen molar-refractivity contribution in [3.63, 3.8) is 0 Å². The van der Waals surface area contributed by atoms with Gasteiger partial charge in [-0.25, -0.2) is 4.98 Å². The number of aliphatic hydroxyl groups excluding tert-OH is 1. The van der Waals surface area contributed by atoms with Crippen molar-refractivity contribution in [2.75, 3.05) is 0 Å². The molecule has 0 spiro atoms. The van der Waals surface area contributed by atoms with Gasteiger partial charge < -0.3 is 5.11 Å². The van der Waals surface area contributed by atoms with E-state index in [1.54, 1.807) is 11.3 Å². The predicted molar refractivity (Wildman–Crippen MR) is 71.7 cm³/mol. The van der Waals surface area contributed by atoms with Crippen LogP contribution in [0.3, 0.4) is 0 Å². The second-order valence-corrected chi connectivity index (χ2v) is 5.57. The molecule has 0 amide bonds. The van der Waals surface area contributed by atoms with Crippen molar-refractivity contribution in [3.05, 3.63) is 50.4 Å². The molecular weight excluding hydrogens is 254 g/mol. The summed E-state index contributed by atoms with van der Waals surface area (Å²) in [5, 5.41) is 13.7. The van der Waals surface area contributed by atoms with Gasteiger partial charge in [0.15, 0.2) is 0 Å². The van der Waals surface area contributed by atoms with Crippen molar-refractivity contribution in [2.45, 2.75) is 26.4 Å². The molecule has 2 aromatic rings. The summed E-state index contributed by atoms with van der Waals surface area (Å²) < 4.78 is 0. The fraction of sp³-hybridized carbons (Fsp3) is 0.308. The number of aliphatic hydroxyl groups is 1. The van der Waals surface area contributed by atoms with Gasteiger partial charge in [0.25, 0.3) is 0 Å². The molecule has 0 saturated heterocycles. The summed E-state index contributed by atoms with van der Waals surface area (Å²) in [5.74, 6) is 0. The first-order valence-electron chi connectivity index (χ1n) is 5.41. The highest BCUT2D eigenvalue weighted by molar-refractivity contribution is 7.09. The van der Waals surface area contributed by atoms with Gasteiger partial charge in [-0.2, -0.15) is 0 Å². The van der Waals surface area contributed by atoms with Crippen molar-refractivity contribution in [1.82, 2.24) is 4.98 Å². The average Bonchev–Trinajstić information content (AvgIpc) is 2.63. The molecule has 0 bridgehead atoms. The van der Waals surface area contributed by atoms with Crippen molar-refractivity contribution in [2.24, 2.45) is 0 Å². The van der Waals surface area contributed by atoms with Gasteiger partial charge in [0.2, 0.25) is 0 Å². The van der Waals surface area contributed by atoms with E-state index in [-0.39, 0.29) is 0 Å². The normalized spacial score (nSPS) is 12.7. The highest BCUT2D eigenvalue weighted by Crippen LogP contribution is 2.26. The van der Waals surface area contributed by atoms with Crippen LogP contribution in [0.25, 0.3) is 0 Å². The number of hydrogen-bond acceptors (Lipinski definition) is 3. The molecule has 1 atom stereocenters. The fourth-order valence-electron chi connectivity index (χ4n) is 1.71. The van der Waals surface area contributed by atoms with Crippen LogP contribution in [0.4, 0.5) is 0 Å². The van der Waals surface area contributed by atoms with Gasteiger partial charge in [0.05, 0.1) is 16.8 Å². The zero-order valence-electron chi connectivity index (χ0n) is 9.77. The maximum Gasteiger partial charge on any atom is 0.0897 e. The van der Waals surface area contributed by atoms with E-state index >= 15 is 0 Å². The quantitative estimate of drug-likeness (QED) is 0.920. The third-order valence-corrected chi connectivity index (χ3v) is 3.73. The lowest BCUT2D eigenvalue weighted by Crippen LogP contribution is -2.03. The molecule has 1 aromatic carbocycles. The molecule has 0 saturated carbocycles. The Morgan fingerprint density at radius 2 is 2.18 bits per heavy atom.